The van der Waals surface area contributed by atoms with Crippen LogP contribution in [0.15, 0.2) is 24.0 Å². The summed E-state index contributed by atoms with van der Waals surface area (Å²) >= 11 is 0. The molecule has 4 aliphatic rings. The maximum atomic E-state index is 12.7. The van der Waals surface area contributed by atoms with Gasteiger partial charge in [0.15, 0.2) is 11.5 Å². The van der Waals surface area contributed by atoms with Crippen molar-refractivity contribution in [1.82, 2.24) is 4.90 Å². The van der Waals surface area contributed by atoms with Crippen LogP contribution in [0.1, 0.15) is 37.3 Å². The summed E-state index contributed by atoms with van der Waals surface area (Å²) in [5, 5.41) is 13.5. The molecule has 5 atom stereocenters. The molecular weight excluding hydrogens is 436 g/mol. The number of aliphatic hydroxyl groups excluding tert-OH is 1. The van der Waals surface area contributed by atoms with Gasteiger partial charge in [0.25, 0.3) is 0 Å². The summed E-state index contributed by atoms with van der Waals surface area (Å²) in [7, 11) is 3.25. The molecule has 34 heavy (non-hydrogen) atoms. The molecular formula is C26H36N2O6. The number of hydrogen-bond acceptors (Lipinski definition) is 8. The van der Waals surface area contributed by atoms with Crippen LogP contribution in [0.5, 0.6) is 5.75 Å². The van der Waals surface area contributed by atoms with Crippen molar-refractivity contribution in [3.05, 3.63) is 35.1 Å². The lowest BCUT2D eigenvalue weighted by molar-refractivity contribution is -0.297. The number of rotatable bonds is 6. The third-order valence-electron chi connectivity index (χ3n) is 8.48. The number of anilines is 1. The Hall–Kier alpha value is -2.13. The maximum Gasteiger partial charge on any atom is 0.188 e. The molecule has 0 aliphatic carbocycles. The summed E-state index contributed by atoms with van der Waals surface area (Å²) in [6, 6.07) is 4.05. The molecule has 1 aromatic rings. The van der Waals surface area contributed by atoms with E-state index in [9.17, 15) is 9.90 Å². The van der Waals surface area contributed by atoms with Crippen molar-refractivity contribution in [3.63, 3.8) is 0 Å². The van der Waals surface area contributed by atoms with Crippen LogP contribution in [0.25, 0.3) is 0 Å². The van der Waals surface area contributed by atoms with Crippen LogP contribution >= 0.6 is 0 Å². The Bertz CT molecular complexity index is 996. The molecule has 8 nitrogen and oxygen atoms in total. The van der Waals surface area contributed by atoms with Crippen LogP contribution in [-0.4, -0.2) is 74.7 Å². The van der Waals surface area contributed by atoms with E-state index in [0.717, 1.165) is 48.5 Å². The van der Waals surface area contributed by atoms with Crippen molar-refractivity contribution in [2.24, 2.45) is 11.8 Å². The number of aliphatic hydroxyl groups is 1. The first-order valence-electron chi connectivity index (χ1n) is 12.3. The second kappa shape index (κ2) is 8.82. The lowest BCUT2D eigenvalue weighted by Gasteiger charge is -2.61. The third-order valence-corrected chi connectivity index (χ3v) is 8.48. The zero-order chi connectivity index (χ0) is 24.1. The topological polar surface area (TPSA) is 89.5 Å². The molecule has 0 saturated carbocycles. The van der Waals surface area contributed by atoms with Crippen LogP contribution in [0.4, 0.5) is 5.69 Å². The Morgan fingerprint density at radius 3 is 2.82 bits per heavy atom. The van der Waals surface area contributed by atoms with Gasteiger partial charge in [-0.25, -0.2) is 0 Å². The largest absolute Gasteiger partial charge is 0.504 e. The standard InChI is InChI=1S/C26H36N2O6/c1-5-17-13-28-9-8-25-23-21(32-4)7-6-16(2)24(23)27-26(25,34-11-10-33-25)22(28)12-18(17)19(15-31-3)20(30)14-29/h6-7,15,17-18,22,27,29H,5,8-14H2,1-4H3/b19-15+/t17-,18+,22+,25+,26+/m1/s1. The number of nitrogens with zero attached hydrogens (tertiary/aromatic N) is 1. The second-order valence-corrected chi connectivity index (χ2v) is 9.88. The number of Topliss-reactive ketones (excluding diaryl/α,β-unsaturated/α-hetero) is 1. The van der Waals surface area contributed by atoms with Gasteiger partial charge in [-0.15, -0.1) is 0 Å². The number of nitrogens with one attached hydrogen (secondary N) is 1. The predicted octanol–water partition coefficient (Wildman–Crippen LogP) is 2.58. The van der Waals surface area contributed by atoms with Gasteiger partial charge in [-0.2, -0.15) is 0 Å². The molecule has 0 radical (unpaired) electrons. The summed E-state index contributed by atoms with van der Waals surface area (Å²) in [6.07, 6.45) is 3.95. The summed E-state index contributed by atoms with van der Waals surface area (Å²) in [5.41, 5.74) is 2.29. The number of methoxy groups -OCH3 is 2. The van der Waals surface area contributed by atoms with Crippen LogP contribution < -0.4 is 10.1 Å². The minimum Gasteiger partial charge on any atom is -0.504 e. The van der Waals surface area contributed by atoms with Crippen molar-refractivity contribution in [2.45, 2.75) is 50.5 Å². The second-order valence-electron chi connectivity index (χ2n) is 9.88. The van der Waals surface area contributed by atoms with E-state index >= 15 is 0 Å². The van der Waals surface area contributed by atoms with Gasteiger partial charge in [-0.05, 0) is 43.2 Å². The summed E-state index contributed by atoms with van der Waals surface area (Å²) < 4.78 is 24.5. The molecule has 0 aromatic heterocycles. The highest BCUT2D eigenvalue weighted by atomic mass is 16.6. The zero-order valence-electron chi connectivity index (χ0n) is 20.6. The number of benzene rings is 1. The zero-order valence-corrected chi connectivity index (χ0v) is 20.6. The summed E-state index contributed by atoms with van der Waals surface area (Å²) in [4.78, 5) is 15.2. The Morgan fingerprint density at radius 1 is 1.32 bits per heavy atom. The molecule has 0 spiro atoms. The lowest BCUT2D eigenvalue weighted by atomic mass is 9.66. The van der Waals surface area contributed by atoms with Crippen molar-refractivity contribution in [3.8, 4) is 5.75 Å². The Morgan fingerprint density at radius 2 is 2.12 bits per heavy atom. The van der Waals surface area contributed by atoms with E-state index in [1.54, 1.807) is 14.2 Å². The first-order valence-corrected chi connectivity index (χ1v) is 12.3. The van der Waals surface area contributed by atoms with E-state index in [2.05, 4.69) is 30.1 Å². The van der Waals surface area contributed by atoms with Crippen molar-refractivity contribution >= 4 is 11.5 Å². The van der Waals surface area contributed by atoms with Gasteiger partial charge < -0.3 is 29.4 Å². The molecule has 2 N–H and O–H groups in total. The monoisotopic (exact) mass is 472 g/mol. The Labute approximate surface area is 201 Å². The molecule has 0 bridgehead atoms. The van der Waals surface area contributed by atoms with Crippen molar-refractivity contribution in [1.29, 1.82) is 0 Å². The van der Waals surface area contributed by atoms with Gasteiger partial charge >= 0.3 is 0 Å². The fourth-order valence-corrected chi connectivity index (χ4v) is 6.96. The molecule has 0 amide bonds. The van der Waals surface area contributed by atoms with E-state index in [1.165, 1.54) is 6.26 Å². The average molecular weight is 473 g/mol. The number of fused-ring (bicyclic) bond motifs is 2. The van der Waals surface area contributed by atoms with Crippen LogP contribution in [0, 0.1) is 18.8 Å². The van der Waals surface area contributed by atoms with Gasteiger partial charge in [-0.3, -0.25) is 9.69 Å². The molecule has 3 fully saturated rings. The van der Waals surface area contributed by atoms with Gasteiger partial charge in [0.1, 0.15) is 18.0 Å². The highest BCUT2D eigenvalue weighted by Gasteiger charge is 2.70. The van der Waals surface area contributed by atoms with E-state index in [0.29, 0.717) is 25.2 Å². The molecule has 8 heteroatoms. The fourth-order valence-electron chi connectivity index (χ4n) is 6.96. The third kappa shape index (κ3) is 3.15. The van der Waals surface area contributed by atoms with Gasteiger partial charge in [-0.1, -0.05) is 19.4 Å². The Kier molecular flexibility index (Phi) is 6.13. The number of carbonyl (C=O) groups excluding carboxylic acids is 1. The summed E-state index contributed by atoms with van der Waals surface area (Å²) in [5.74, 6) is 0.763. The maximum absolute atomic E-state index is 12.7. The minimum atomic E-state index is -0.789. The van der Waals surface area contributed by atoms with E-state index in [1.807, 2.05) is 6.07 Å². The molecule has 3 saturated heterocycles. The number of piperidine rings is 2. The van der Waals surface area contributed by atoms with E-state index in [4.69, 9.17) is 18.9 Å². The average Bonchev–Trinajstić information content (AvgIpc) is 3.20. The molecule has 5 rings (SSSR count). The molecule has 186 valence electrons. The van der Waals surface area contributed by atoms with Gasteiger partial charge in [0, 0.05) is 24.4 Å². The minimum absolute atomic E-state index is 0.0300. The number of hydrogen-bond donors (Lipinski definition) is 2. The molecule has 4 heterocycles. The van der Waals surface area contributed by atoms with Crippen LogP contribution in [0.2, 0.25) is 0 Å². The normalized spacial score (nSPS) is 34.9. The van der Waals surface area contributed by atoms with Crippen molar-refractivity contribution in [2.75, 3.05) is 52.4 Å². The SMILES string of the molecule is CC[C@@H]1CN2CC[C@@]34OCCO[C@@]3(Nc3c(C)ccc(OC)c34)[C@@H]2C[C@@H]1/C(=C\OC)C(=O)CO. The number of aryl methyl sites for hydroxylation is 1. The first-order chi connectivity index (χ1) is 16.5. The fraction of sp³-hybridized carbons (Fsp3) is 0.654. The first kappa shape index (κ1) is 23.6. The van der Waals surface area contributed by atoms with Gasteiger partial charge in [0.2, 0.25) is 0 Å². The van der Waals surface area contributed by atoms with Crippen LogP contribution in [0.3, 0.4) is 0 Å². The number of ketones is 1. The highest BCUT2D eigenvalue weighted by molar-refractivity contribution is 5.96. The number of carbonyl (C=O) groups is 1. The highest BCUT2D eigenvalue weighted by Crippen LogP contribution is 2.62. The van der Waals surface area contributed by atoms with Crippen LogP contribution in [-0.2, 0) is 24.6 Å². The Balaban J connectivity index is 1.62. The lowest BCUT2D eigenvalue weighted by Crippen LogP contribution is -2.75. The van der Waals surface area contributed by atoms with Gasteiger partial charge in [0.05, 0.1) is 45.3 Å². The van der Waals surface area contributed by atoms with E-state index in [-0.39, 0.29) is 23.7 Å². The summed E-state index contributed by atoms with van der Waals surface area (Å²) in [6.45, 7) is 6.46. The van der Waals surface area contributed by atoms with Crippen molar-refractivity contribution < 1.29 is 28.8 Å². The molecule has 0 unspecified atom stereocenters. The quantitative estimate of drug-likeness (QED) is 0.483. The predicted molar refractivity (Wildman–Crippen MR) is 127 cm³/mol. The van der Waals surface area contributed by atoms with E-state index < -0.39 is 17.9 Å². The molecule has 4 aliphatic heterocycles. The molecule has 1 aromatic carbocycles. The smallest absolute Gasteiger partial charge is 0.188 e. The number of ether oxygens (including phenoxy) is 4.